The minimum atomic E-state index is 0.617. The Morgan fingerprint density at radius 2 is 2.46 bits per heavy atom. The van der Waals surface area contributed by atoms with Crippen molar-refractivity contribution < 1.29 is 0 Å². The topological polar surface area (TPSA) is 38.9 Å². The van der Waals surface area contributed by atoms with Gasteiger partial charge >= 0.3 is 0 Å². The summed E-state index contributed by atoms with van der Waals surface area (Å²) in [6.45, 7) is 5.08. The molecular weight excluding hydrogens is 200 g/mol. The van der Waals surface area contributed by atoms with Gasteiger partial charge in [0.25, 0.3) is 0 Å². The fourth-order valence-corrected chi connectivity index (χ4v) is 2.61. The molecule has 0 aliphatic rings. The lowest BCUT2D eigenvalue weighted by Crippen LogP contribution is -1.93. The lowest BCUT2D eigenvalue weighted by Gasteiger charge is -2.04. The highest BCUT2D eigenvalue weighted by molar-refractivity contribution is 7.99. The van der Waals surface area contributed by atoms with Gasteiger partial charge in [-0.15, -0.1) is 11.3 Å². The zero-order valence-electron chi connectivity index (χ0n) is 8.12. The number of nitrogens with two attached hydrogens (primary N) is 1. The van der Waals surface area contributed by atoms with Gasteiger partial charge in [-0.05, 0) is 6.42 Å². The first-order valence-electron chi connectivity index (χ1n) is 4.51. The van der Waals surface area contributed by atoms with Gasteiger partial charge in [-0.1, -0.05) is 13.8 Å². The monoisotopic (exact) mass is 216 g/mol. The molecule has 0 aliphatic heterocycles. The van der Waals surface area contributed by atoms with E-state index in [9.17, 15) is 0 Å². The summed E-state index contributed by atoms with van der Waals surface area (Å²) in [7, 11) is 0. The second-order valence-corrected chi connectivity index (χ2v) is 5.58. The summed E-state index contributed by atoms with van der Waals surface area (Å²) in [6.07, 6.45) is 3.11. The van der Waals surface area contributed by atoms with Crippen LogP contribution in [0.4, 0.5) is 0 Å². The fraction of sp³-hybridized carbons (Fsp3) is 0.667. The second-order valence-electron chi connectivity index (χ2n) is 2.95. The van der Waals surface area contributed by atoms with E-state index in [1.54, 1.807) is 11.3 Å². The molecule has 1 heterocycles. The molecule has 1 atom stereocenters. The van der Waals surface area contributed by atoms with Crippen molar-refractivity contribution >= 4 is 23.1 Å². The molecule has 2 nitrogen and oxygen atoms in total. The zero-order valence-corrected chi connectivity index (χ0v) is 9.75. The molecule has 1 unspecified atom stereocenters. The van der Waals surface area contributed by atoms with E-state index in [4.69, 9.17) is 5.73 Å². The van der Waals surface area contributed by atoms with Gasteiger partial charge < -0.3 is 5.73 Å². The number of aromatic nitrogens is 1. The summed E-state index contributed by atoms with van der Waals surface area (Å²) in [6, 6.07) is 0. The molecular formula is C9H16N2S2. The Morgan fingerprint density at radius 1 is 1.69 bits per heavy atom. The van der Waals surface area contributed by atoms with Gasteiger partial charge in [-0.2, -0.15) is 11.8 Å². The molecule has 1 aromatic heterocycles. The van der Waals surface area contributed by atoms with Crippen molar-refractivity contribution in [2.45, 2.75) is 37.8 Å². The van der Waals surface area contributed by atoms with Crippen molar-refractivity contribution in [2.75, 3.05) is 0 Å². The van der Waals surface area contributed by atoms with E-state index in [1.807, 2.05) is 18.0 Å². The first-order valence-corrected chi connectivity index (χ1v) is 6.38. The molecule has 0 fully saturated rings. The number of nitrogens with zero attached hydrogens (tertiary/aromatic N) is 1. The van der Waals surface area contributed by atoms with Crippen molar-refractivity contribution in [3.05, 3.63) is 16.1 Å². The summed E-state index contributed by atoms with van der Waals surface area (Å²) in [5.41, 5.74) is 5.51. The Morgan fingerprint density at radius 3 is 3.00 bits per heavy atom. The van der Waals surface area contributed by atoms with Crippen molar-refractivity contribution in [2.24, 2.45) is 5.73 Å². The Hall–Kier alpha value is -0.0600. The molecule has 1 aromatic rings. The molecule has 0 saturated carbocycles. The normalized spacial score (nSPS) is 13.2. The average Bonchev–Trinajstić information content (AvgIpc) is 2.61. The van der Waals surface area contributed by atoms with Crippen LogP contribution in [0.15, 0.2) is 6.20 Å². The highest BCUT2D eigenvalue weighted by Gasteiger charge is 2.03. The van der Waals surface area contributed by atoms with Crippen molar-refractivity contribution in [1.29, 1.82) is 0 Å². The SMILES string of the molecule is CCC(C)SCc1ncc(CN)s1. The van der Waals surface area contributed by atoms with Gasteiger partial charge in [0.1, 0.15) is 5.01 Å². The largest absolute Gasteiger partial charge is 0.326 e. The molecule has 1 rings (SSSR count). The molecule has 0 radical (unpaired) electrons. The van der Waals surface area contributed by atoms with Crippen LogP contribution in [0.3, 0.4) is 0 Å². The highest BCUT2D eigenvalue weighted by atomic mass is 32.2. The lowest BCUT2D eigenvalue weighted by atomic mass is 10.4. The van der Waals surface area contributed by atoms with Crippen LogP contribution in [-0.4, -0.2) is 10.2 Å². The van der Waals surface area contributed by atoms with Crippen LogP contribution in [0.1, 0.15) is 30.2 Å². The molecule has 0 saturated heterocycles. The number of hydrogen-bond donors (Lipinski definition) is 1. The van der Waals surface area contributed by atoms with Crippen LogP contribution in [-0.2, 0) is 12.3 Å². The quantitative estimate of drug-likeness (QED) is 0.822. The summed E-state index contributed by atoms with van der Waals surface area (Å²) in [5, 5.41) is 1.93. The first-order chi connectivity index (χ1) is 6.26. The molecule has 13 heavy (non-hydrogen) atoms. The standard InChI is InChI=1S/C9H16N2S2/c1-3-7(2)12-6-9-11-5-8(4-10)13-9/h5,7H,3-4,6,10H2,1-2H3. The van der Waals surface area contributed by atoms with Gasteiger partial charge in [-0.3, -0.25) is 0 Å². The van der Waals surface area contributed by atoms with Gasteiger partial charge in [-0.25, -0.2) is 4.98 Å². The van der Waals surface area contributed by atoms with Crippen LogP contribution in [0.2, 0.25) is 0 Å². The third kappa shape index (κ3) is 3.67. The Bertz CT molecular complexity index is 248. The van der Waals surface area contributed by atoms with Crippen LogP contribution >= 0.6 is 23.1 Å². The third-order valence-corrected chi connectivity index (χ3v) is 4.41. The fourth-order valence-electron chi connectivity index (χ4n) is 0.841. The molecule has 0 aromatic carbocycles. The second kappa shape index (κ2) is 5.62. The number of thioether (sulfide) groups is 1. The summed E-state index contributed by atoms with van der Waals surface area (Å²) in [4.78, 5) is 5.49. The Labute approximate surface area is 87.9 Å². The Balaban J connectivity index is 2.36. The van der Waals surface area contributed by atoms with E-state index in [0.29, 0.717) is 6.54 Å². The number of rotatable bonds is 5. The predicted molar refractivity (Wildman–Crippen MR) is 61.1 cm³/mol. The van der Waals surface area contributed by atoms with E-state index in [2.05, 4.69) is 18.8 Å². The maximum Gasteiger partial charge on any atom is 0.103 e. The molecule has 0 amide bonds. The molecule has 0 bridgehead atoms. The van der Waals surface area contributed by atoms with E-state index in [0.717, 1.165) is 11.0 Å². The highest BCUT2D eigenvalue weighted by Crippen LogP contribution is 2.22. The van der Waals surface area contributed by atoms with Gasteiger partial charge in [0.15, 0.2) is 0 Å². The van der Waals surface area contributed by atoms with E-state index < -0.39 is 0 Å². The minimum Gasteiger partial charge on any atom is -0.326 e. The molecule has 4 heteroatoms. The summed E-state index contributed by atoms with van der Waals surface area (Å²) >= 11 is 3.69. The number of thiazole rings is 1. The van der Waals surface area contributed by atoms with Crippen molar-refractivity contribution in [1.82, 2.24) is 4.98 Å². The minimum absolute atomic E-state index is 0.617. The van der Waals surface area contributed by atoms with Gasteiger partial charge in [0.05, 0.1) is 0 Å². The van der Waals surface area contributed by atoms with Gasteiger partial charge in [0, 0.05) is 28.6 Å². The van der Waals surface area contributed by atoms with E-state index >= 15 is 0 Å². The predicted octanol–water partition coefficient (Wildman–Crippen LogP) is 2.63. The van der Waals surface area contributed by atoms with Crippen LogP contribution < -0.4 is 5.73 Å². The first kappa shape index (κ1) is 11.0. The van der Waals surface area contributed by atoms with Gasteiger partial charge in [0.2, 0.25) is 0 Å². The maximum atomic E-state index is 5.51. The van der Waals surface area contributed by atoms with Crippen LogP contribution in [0.5, 0.6) is 0 Å². The summed E-state index contributed by atoms with van der Waals surface area (Å²) in [5.74, 6) is 1.03. The third-order valence-electron chi connectivity index (χ3n) is 1.87. The molecule has 0 aliphatic carbocycles. The Kier molecular flexibility index (Phi) is 4.77. The van der Waals surface area contributed by atoms with Crippen LogP contribution in [0.25, 0.3) is 0 Å². The molecule has 74 valence electrons. The number of hydrogen-bond acceptors (Lipinski definition) is 4. The zero-order chi connectivity index (χ0) is 9.68. The van der Waals surface area contributed by atoms with E-state index in [-0.39, 0.29) is 0 Å². The lowest BCUT2D eigenvalue weighted by molar-refractivity contribution is 0.905. The van der Waals surface area contributed by atoms with Crippen LogP contribution in [0, 0.1) is 0 Å². The molecule has 2 N–H and O–H groups in total. The van der Waals surface area contributed by atoms with E-state index in [1.165, 1.54) is 16.3 Å². The average molecular weight is 216 g/mol. The smallest absolute Gasteiger partial charge is 0.103 e. The summed E-state index contributed by atoms with van der Waals surface area (Å²) < 4.78 is 0. The van der Waals surface area contributed by atoms with Crippen molar-refractivity contribution in [3.63, 3.8) is 0 Å². The van der Waals surface area contributed by atoms with Crippen molar-refractivity contribution in [3.8, 4) is 0 Å². The molecule has 0 spiro atoms. The maximum absolute atomic E-state index is 5.51.